The van der Waals surface area contributed by atoms with E-state index in [9.17, 15) is 19.7 Å². The summed E-state index contributed by atoms with van der Waals surface area (Å²) in [6, 6.07) is 3.65. The minimum absolute atomic E-state index is 0.0246. The Hall–Kier alpha value is -2.75. The highest BCUT2D eigenvalue weighted by Gasteiger charge is 2.21. The third kappa shape index (κ3) is 5.40. The fraction of sp³-hybridized carbons (Fsp3) is 0.357. The van der Waals surface area contributed by atoms with Gasteiger partial charge in [-0.3, -0.25) is 14.9 Å². The number of nitro groups is 1. The van der Waals surface area contributed by atoms with Gasteiger partial charge in [-0.15, -0.1) is 0 Å². The van der Waals surface area contributed by atoms with E-state index >= 15 is 0 Å². The molecule has 7 heteroatoms. The highest BCUT2D eigenvalue weighted by molar-refractivity contribution is 6.34. The molecule has 0 spiro atoms. The van der Waals surface area contributed by atoms with E-state index < -0.39 is 23.1 Å². The number of hydrogen-bond donors (Lipinski definition) is 0. The Bertz CT molecular complexity index is 575. The number of Topliss-reactive ketones (excluding diaryl/α,β-unsaturated/α-hetero) is 1. The molecule has 0 fully saturated rings. The van der Waals surface area contributed by atoms with Gasteiger partial charge >= 0.3 is 5.97 Å². The predicted octanol–water partition coefficient (Wildman–Crippen LogP) is 2.85. The second-order valence-electron chi connectivity index (χ2n) is 3.50. The van der Waals surface area contributed by atoms with Gasteiger partial charge in [0.15, 0.2) is 5.69 Å². The van der Waals surface area contributed by atoms with Crippen molar-refractivity contribution in [1.82, 2.24) is 0 Å². The maximum absolute atomic E-state index is 11.5. The van der Waals surface area contributed by atoms with E-state index in [-0.39, 0.29) is 23.5 Å². The van der Waals surface area contributed by atoms with Gasteiger partial charge in [-0.25, -0.2) is 9.64 Å². The first-order valence-electron chi connectivity index (χ1n) is 6.34. The van der Waals surface area contributed by atoms with E-state index in [1.54, 1.807) is 6.92 Å². The summed E-state index contributed by atoms with van der Waals surface area (Å²) in [7, 11) is 0. The standard InChI is InChI=1S/C12H10N2O5.C2H6/c1-3-19-12(16)11(15)7-8-6-9(13-2)4-5-10(8)14(17)18;1-2/h4-6H,3,7H2,1H3;1-2H3. The second kappa shape index (κ2) is 9.20. The zero-order valence-corrected chi connectivity index (χ0v) is 12.1. The minimum Gasteiger partial charge on any atom is -0.460 e. The summed E-state index contributed by atoms with van der Waals surface area (Å²) < 4.78 is 4.51. The Kier molecular flexibility index (Phi) is 8.00. The van der Waals surface area contributed by atoms with Crippen LogP contribution in [0.4, 0.5) is 11.4 Å². The molecule has 0 bridgehead atoms. The summed E-state index contributed by atoms with van der Waals surface area (Å²) in [4.78, 5) is 35.9. The Morgan fingerprint density at radius 1 is 1.38 bits per heavy atom. The number of rotatable bonds is 5. The lowest BCUT2D eigenvalue weighted by molar-refractivity contribution is -0.385. The van der Waals surface area contributed by atoms with Gasteiger partial charge in [0.25, 0.3) is 5.69 Å². The van der Waals surface area contributed by atoms with Crippen LogP contribution in [0.3, 0.4) is 0 Å². The number of nitro benzene ring substituents is 1. The molecule has 0 aromatic heterocycles. The molecule has 0 unspecified atom stereocenters. The summed E-state index contributed by atoms with van der Waals surface area (Å²) in [5.74, 6) is -1.92. The molecule has 0 aliphatic heterocycles. The van der Waals surface area contributed by atoms with E-state index in [1.165, 1.54) is 12.1 Å². The molecule has 0 heterocycles. The topological polar surface area (TPSA) is 90.9 Å². The molecule has 0 aliphatic carbocycles. The fourth-order valence-corrected chi connectivity index (χ4v) is 1.42. The average molecular weight is 292 g/mol. The Morgan fingerprint density at radius 3 is 2.48 bits per heavy atom. The van der Waals surface area contributed by atoms with Gasteiger partial charge in [0, 0.05) is 18.1 Å². The van der Waals surface area contributed by atoms with E-state index in [1.807, 2.05) is 13.8 Å². The van der Waals surface area contributed by atoms with Crippen LogP contribution in [-0.4, -0.2) is 23.3 Å². The molecular weight excluding hydrogens is 276 g/mol. The first-order chi connectivity index (χ1) is 9.99. The molecule has 0 radical (unpaired) electrons. The Balaban J connectivity index is 0.00000191. The lowest BCUT2D eigenvalue weighted by atomic mass is 10.1. The summed E-state index contributed by atoms with van der Waals surface area (Å²) in [6.45, 7) is 12.4. The molecule has 1 aromatic rings. The number of carbonyl (C=O) groups is 2. The molecule has 1 aromatic carbocycles. The maximum atomic E-state index is 11.5. The van der Waals surface area contributed by atoms with E-state index in [4.69, 9.17) is 6.57 Å². The fourth-order valence-electron chi connectivity index (χ4n) is 1.42. The van der Waals surface area contributed by atoms with Gasteiger partial charge in [0.2, 0.25) is 5.78 Å². The minimum atomic E-state index is -1.04. The van der Waals surface area contributed by atoms with Crippen molar-refractivity contribution in [2.75, 3.05) is 6.61 Å². The van der Waals surface area contributed by atoms with E-state index in [0.29, 0.717) is 0 Å². The van der Waals surface area contributed by atoms with Gasteiger partial charge in [-0.2, -0.15) is 0 Å². The highest BCUT2D eigenvalue weighted by Crippen LogP contribution is 2.25. The van der Waals surface area contributed by atoms with Crippen molar-refractivity contribution in [3.05, 3.63) is 45.3 Å². The van der Waals surface area contributed by atoms with Crippen LogP contribution in [0.5, 0.6) is 0 Å². The summed E-state index contributed by atoms with van der Waals surface area (Å²) in [5, 5.41) is 10.8. The van der Waals surface area contributed by atoms with Crippen molar-refractivity contribution in [1.29, 1.82) is 0 Å². The number of hydrogen-bond acceptors (Lipinski definition) is 5. The van der Waals surface area contributed by atoms with Crippen LogP contribution in [0.15, 0.2) is 18.2 Å². The van der Waals surface area contributed by atoms with Crippen LogP contribution in [-0.2, 0) is 20.7 Å². The molecule has 7 nitrogen and oxygen atoms in total. The third-order valence-corrected chi connectivity index (χ3v) is 2.24. The largest absolute Gasteiger partial charge is 0.460 e. The lowest BCUT2D eigenvalue weighted by Crippen LogP contribution is -2.19. The molecule has 0 saturated carbocycles. The summed E-state index contributed by atoms with van der Waals surface area (Å²) in [6.07, 6.45) is -0.460. The smallest absolute Gasteiger partial charge is 0.374 e. The SMILES string of the molecule is CC.[C-]#[N+]c1ccc([N+](=O)[O-])c(CC(=O)C(=O)OCC)c1. The first-order valence-corrected chi connectivity index (χ1v) is 6.34. The first kappa shape index (κ1) is 18.2. The van der Waals surface area contributed by atoms with Crippen molar-refractivity contribution in [3.63, 3.8) is 0 Å². The summed E-state index contributed by atoms with van der Waals surface area (Å²) in [5.41, 5.74) is -0.112. The zero-order chi connectivity index (χ0) is 16.4. The number of ether oxygens (including phenoxy) is 1. The molecule has 0 saturated heterocycles. The van der Waals surface area contributed by atoms with Gasteiger partial charge in [-0.05, 0) is 19.1 Å². The van der Waals surface area contributed by atoms with Crippen LogP contribution in [0, 0.1) is 16.7 Å². The number of nitrogens with zero attached hydrogens (tertiary/aromatic N) is 2. The lowest BCUT2D eigenvalue weighted by Gasteiger charge is -2.03. The highest BCUT2D eigenvalue weighted by atomic mass is 16.6. The average Bonchev–Trinajstić information content (AvgIpc) is 2.49. The van der Waals surface area contributed by atoms with Crippen molar-refractivity contribution in [3.8, 4) is 0 Å². The number of benzene rings is 1. The molecule has 0 atom stereocenters. The van der Waals surface area contributed by atoms with E-state index in [0.717, 1.165) is 6.07 Å². The Labute approximate surface area is 122 Å². The molecule has 112 valence electrons. The van der Waals surface area contributed by atoms with Crippen molar-refractivity contribution in [2.24, 2.45) is 0 Å². The maximum Gasteiger partial charge on any atom is 0.374 e. The quantitative estimate of drug-likeness (QED) is 0.273. The molecule has 21 heavy (non-hydrogen) atoms. The van der Waals surface area contributed by atoms with Crippen molar-refractivity contribution in [2.45, 2.75) is 27.2 Å². The monoisotopic (exact) mass is 292 g/mol. The predicted molar refractivity (Wildman–Crippen MR) is 76.1 cm³/mol. The summed E-state index contributed by atoms with van der Waals surface area (Å²) >= 11 is 0. The second-order valence-corrected chi connectivity index (χ2v) is 3.50. The molecule has 0 N–H and O–H groups in total. The number of ketones is 1. The normalized spacial score (nSPS) is 8.86. The van der Waals surface area contributed by atoms with Crippen molar-refractivity contribution < 1.29 is 19.2 Å². The molecular formula is C14H16N2O5. The Morgan fingerprint density at radius 2 is 2.00 bits per heavy atom. The van der Waals surface area contributed by atoms with Crippen LogP contribution >= 0.6 is 0 Å². The van der Waals surface area contributed by atoms with Gasteiger partial charge < -0.3 is 4.74 Å². The number of carbonyl (C=O) groups excluding carboxylic acids is 2. The van der Waals surface area contributed by atoms with Crippen LogP contribution in [0.2, 0.25) is 0 Å². The number of esters is 1. The van der Waals surface area contributed by atoms with Gasteiger partial charge in [-0.1, -0.05) is 13.8 Å². The van der Waals surface area contributed by atoms with Crippen LogP contribution < -0.4 is 0 Å². The molecule has 0 amide bonds. The molecule has 0 aliphatic rings. The van der Waals surface area contributed by atoms with Crippen molar-refractivity contribution >= 4 is 23.1 Å². The van der Waals surface area contributed by atoms with Crippen LogP contribution in [0.1, 0.15) is 26.3 Å². The third-order valence-electron chi connectivity index (χ3n) is 2.24. The van der Waals surface area contributed by atoms with Crippen LogP contribution in [0.25, 0.3) is 4.85 Å². The zero-order valence-electron chi connectivity index (χ0n) is 12.1. The molecule has 1 rings (SSSR count). The van der Waals surface area contributed by atoms with Gasteiger partial charge in [0.1, 0.15) is 0 Å². The van der Waals surface area contributed by atoms with E-state index in [2.05, 4.69) is 9.58 Å². The van der Waals surface area contributed by atoms with Gasteiger partial charge in [0.05, 0.1) is 18.1 Å².